The molecule has 1 aromatic carbocycles. The first-order valence-electron chi connectivity index (χ1n) is 7.75. The van der Waals surface area contributed by atoms with Crippen molar-refractivity contribution in [3.05, 3.63) is 29.8 Å². The van der Waals surface area contributed by atoms with Gasteiger partial charge >= 0.3 is 0 Å². The van der Waals surface area contributed by atoms with Gasteiger partial charge in [-0.2, -0.15) is 0 Å². The molecule has 0 aromatic heterocycles. The summed E-state index contributed by atoms with van der Waals surface area (Å²) in [5, 5.41) is 0. The average molecular weight is 275 g/mol. The van der Waals surface area contributed by atoms with Crippen molar-refractivity contribution in [1.82, 2.24) is 0 Å². The molecule has 1 aromatic rings. The fraction of sp³-hybridized carbons (Fsp3) is 0.647. The molecule has 2 unspecified atom stereocenters. The highest BCUT2D eigenvalue weighted by atomic mass is 16.5. The smallest absolute Gasteiger partial charge is 0.122 e. The van der Waals surface area contributed by atoms with Gasteiger partial charge < -0.3 is 15.2 Å². The molecule has 20 heavy (non-hydrogen) atoms. The maximum Gasteiger partial charge on any atom is 0.122 e. The normalized spacial score (nSPS) is 25.2. The summed E-state index contributed by atoms with van der Waals surface area (Å²) < 4.78 is 11.4. The zero-order valence-electron chi connectivity index (χ0n) is 12.3. The topological polar surface area (TPSA) is 44.5 Å². The molecule has 1 saturated carbocycles. The van der Waals surface area contributed by atoms with E-state index in [0.717, 1.165) is 31.6 Å². The molecule has 2 N–H and O–H groups in total. The molecule has 1 fully saturated rings. The molecule has 110 valence electrons. The lowest BCUT2D eigenvalue weighted by atomic mass is 9.74. The van der Waals surface area contributed by atoms with Crippen LogP contribution in [0.3, 0.4) is 0 Å². The summed E-state index contributed by atoms with van der Waals surface area (Å²) in [5.74, 6) is 1.57. The van der Waals surface area contributed by atoms with E-state index >= 15 is 0 Å². The monoisotopic (exact) mass is 275 g/mol. The third-order valence-corrected chi connectivity index (χ3v) is 5.00. The molecule has 0 spiro atoms. The van der Waals surface area contributed by atoms with Crippen molar-refractivity contribution >= 4 is 0 Å². The van der Waals surface area contributed by atoms with Gasteiger partial charge in [0.2, 0.25) is 0 Å². The van der Waals surface area contributed by atoms with E-state index < -0.39 is 0 Å². The molecule has 3 heteroatoms. The van der Waals surface area contributed by atoms with Crippen LogP contribution in [0.15, 0.2) is 24.3 Å². The third kappa shape index (κ3) is 2.70. The lowest BCUT2D eigenvalue weighted by Gasteiger charge is -2.42. The Labute approximate surface area is 121 Å². The SMILES string of the molecule is COC1(CC(N)CC2CCOc3ccccc32)CCC1. The number of ether oxygens (including phenoxy) is 2. The predicted octanol–water partition coefficient (Wildman–Crippen LogP) is 3.23. The molecule has 1 heterocycles. The number of methoxy groups -OCH3 is 1. The number of rotatable bonds is 5. The van der Waals surface area contributed by atoms with Gasteiger partial charge in [0.1, 0.15) is 5.75 Å². The summed E-state index contributed by atoms with van der Waals surface area (Å²) in [5.41, 5.74) is 7.81. The second-order valence-electron chi connectivity index (χ2n) is 6.31. The van der Waals surface area contributed by atoms with Crippen LogP contribution in [-0.4, -0.2) is 25.4 Å². The van der Waals surface area contributed by atoms with Crippen molar-refractivity contribution in [3.8, 4) is 5.75 Å². The van der Waals surface area contributed by atoms with Gasteiger partial charge in [0, 0.05) is 13.2 Å². The lowest BCUT2D eigenvalue weighted by molar-refractivity contribution is -0.0821. The Morgan fingerprint density at radius 3 is 2.90 bits per heavy atom. The maximum absolute atomic E-state index is 6.41. The first kappa shape index (κ1) is 13.9. The van der Waals surface area contributed by atoms with E-state index in [1.807, 2.05) is 13.2 Å². The van der Waals surface area contributed by atoms with Crippen LogP contribution in [0.25, 0.3) is 0 Å². The number of hydrogen-bond donors (Lipinski definition) is 1. The predicted molar refractivity (Wildman–Crippen MR) is 80.1 cm³/mol. The Morgan fingerprint density at radius 1 is 1.40 bits per heavy atom. The zero-order chi connectivity index (χ0) is 14.0. The number of fused-ring (bicyclic) bond motifs is 1. The summed E-state index contributed by atoms with van der Waals surface area (Å²) >= 11 is 0. The summed E-state index contributed by atoms with van der Waals surface area (Å²) in [6, 6.07) is 8.59. The summed E-state index contributed by atoms with van der Waals surface area (Å²) in [6.45, 7) is 0.809. The highest BCUT2D eigenvalue weighted by Gasteiger charge is 2.38. The molecule has 2 aliphatic rings. The molecule has 3 rings (SSSR count). The van der Waals surface area contributed by atoms with E-state index in [1.165, 1.54) is 24.8 Å². The number of hydrogen-bond acceptors (Lipinski definition) is 3. The number of nitrogens with two attached hydrogens (primary N) is 1. The van der Waals surface area contributed by atoms with Gasteiger partial charge in [-0.3, -0.25) is 0 Å². The Kier molecular flexibility index (Phi) is 3.99. The highest BCUT2D eigenvalue weighted by molar-refractivity contribution is 5.37. The van der Waals surface area contributed by atoms with Crippen LogP contribution in [0.1, 0.15) is 50.0 Å². The van der Waals surface area contributed by atoms with E-state index in [2.05, 4.69) is 18.2 Å². The molecule has 0 radical (unpaired) electrons. The first-order chi connectivity index (χ1) is 9.72. The zero-order valence-corrected chi connectivity index (χ0v) is 12.3. The van der Waals surface area contributed by atoms with Gasteiger partial charge in [-0.25, -0.2) is 0 Å². The van der Waals surface area contributed by atoms with E-state index in [0.29, 0.717) is 5.92 Å². The average Bonchev–Trinajstić information content (AvgIpc) is 2.43. The van der Waals surface area contributed by atoms with E-state index in [-0.39, 0.29) is 11.6 Å². The summed E-state index contributed by atoms with van der Waals surface area (Å²) in [4.78, 5) is 0. The third-order valence-electron chi connectivity index (χ3n) is 5.00. The molecular weight excluding hydrogens is 250 g/mol. The van der Waals surface area contributed by atoms with Crippen molar-refractivity contribution in [2.24, 2.45) is 5.73 Å². The Morgan fingerprint density at radius 2 is 2.20 bits per heavy atom. The van der Waals surface area contributed by atoms with Crippen molar-refractivity contribution in [2.75, 3.05) is 13.7 Å². The minimum atomic E-state index is 0.0735. The van der Waals surface area contributed by atoms with Crippen LogP contribution >= 0.6 is 0 Å². The molecule has 0 amide bonds. The van der Waals surface area contributed by atoms with Gasteiger partial charge in [0.15, 0.2) is 0 Å². The van der Waals surface area contributed by atoms with E-state index in [9.17, 15) is 0 Å². The summed E-state index contributed by atoms with van der Waals surface area (Å²) in [7, 11) is 1.83. The van der Waals surface area contributed by atoms with E-state index in [1.54, 1.807) is 0 Å². The van der Waals surface area contributed by atoms with Crippen LogP contribution in [-0.2, 0) is 4.74 Å². The lowest BCUT2D eigenvalue weighted by Crippen LogP contribution is -2.44. The second kappa shape index (κ2) is 5.74. The highest BCUT2D eigenvalue weighted by Crippen LogP contribution is 2.41. The number of benzene rings is 1. The van der Waals surface area contributed by atoms with E-state index in [4.69, 9.17) is 15.2 Å². The largest absolute Gasteiger partial charge is 0.493 e. The van der Waals surface area contributed by atoms with Gasteiger partial charge in [-0.05, 0) is 56.1 Å². The van der Waals surface area contributed by atoms with Crippen LogP contribution in [0, 0.1) is 0 Å². The molecule has 2 atom stereocenters. The van der Waals surface area contributed by atoms with Gasteiger partial charge in [0.05, 0.1) is 12.2 Å². The van der Waals surface area contributed by atoms with Gasteiger partial charge in [0.25, 0.3) is 0 Å². The van der Waals surface area contributed by atoms with Crippen LogP contribution in [0.2, 0.25) is 0 Å². The van der Waals surface area contributed by atoms with Crippen LogP contribution in [0.4, 0.5) is 0 Å². The minimum absolute atomic E-state index is 0.0735. The van der Waals surface area contributed by atoms with Crippen molar-refractivity contribution in [3.63, 3.8) is 0 Å². The van der Waals surface area contributed by atoms with Gasteiger partial charge in [-0.15, -0.1) is 0 Å². The maximum atomic E-state index is 6.41. The van der Waals surface area contributed by atoms with Gasteiger partial charge in [-0.1, -0.05) is 18.2 Å². The Bertz CT molecular complexity index is 451. The van der Waals surface area contributed by atoms with Crippen molar-refractivity contribution in [1.29, 1.82) is 0 Å². The van der Waals surface area contributed by atoms with Crippen LogP contribution in [0.5, 0.6) is 5.75 Å². The van der Waals surface area contributed by atoms with Crippen molar-refractivity contribution in [2.45, 2.75) is 56.1 Å². The molecular formula is C17H25NO2. The summed E-state index contributed by atoms with van der Waals surface area (Å²) in [6.07, 6.45) is 6.71. The first-order valence-corrected chi connectivity index (χ1v) is 7.75. The number of para-hydroxylation sites is 1. The molecule has 0 saturated heterocycles. The fourth-order valence-corrected chi connectivity index (χ4v) is 3.65. The second-order valence-corrected chi connectivity index (χ2v) is 6.31. The molecule has 3 nitrogen and oxygen atoms in total. The standard InChI is InChI=1S/C17H25NO2/c1-19-17(8-4-9-17)12-14(18)11-13-7-10-20-16-6-3-2-5-15(13)16/h2-3,5-6,13-14H,4,7-12,18H2,1H3. The molecule has 1 aliphatic heterocycles. The molecule has 0 bridgehead atoms. The Balaban J connectivity index is 1.63. The Hall–Kier alpha value is -1.06. The molecule has 1 aliphatic carbocycles. The van der Waals surface area contributed by atoms with Crippen molar-refractivity contribution < 1.29 is 9.47 Å². The van der Waals surface area contributed by atoms with Crippen LogP contribution < -0.4 is 10.5 Å². The fourth-order valence-electron chi connectivity index (χ4n) is 3.65. The minimum Gasteiger partial charge on any atom is -0.493 e. The quantitative estimate of drug-likeness (QED) is 0.897.